The number of likely N-dealkylation sites (N-methyl/N-ethyl adjacent to an activating group) is 1. The molecule has 0 atom stereocenters. The van der Waals surface area contributed by atoms with Crippen molar-refractivity contribution < 1.29 is 14.7 Å². The summed E-state index contributed by atoms with van der Waals surface area (Å²) in [5, 5.41) is 19.4. The molecular formula is C21H20N4O4. The second kappa shape index (κ2) is 8.41. The smallest absolute Gasteiger partial charge is 0.271 e. The van der Waals surface area contributed by atoms with Gasteiger partial charge in [-0.15, -0.1) is 0 Å². The lowest BCUT2D eigenvalue weighted by molar-refractivity contribution is -0.140. The molecule has 0 bridgehead atoms. The van der Waals surface area contributed by atoms with Crippen LogP contribution in [0, 0.1) is 24.8 Å². The molecule has 148 valence electrons. The normalized spacial score (nSPS) is 15.9. The molecule has 2 amide bonds. The summed E-state index contributed by atoms with van der Waals surface area (Å²) in [6.07, 6.45) is 4.35. The molecular weight excluding hydrogens is 372 g/mol. The number of imide groups is 1. The SMILES string of the molecule is [C-]#[N+]c1c(C)c(/C=C/C=C2\C(=O)N(CC)C(=O)C(C#N)=C2C)c(=O)n(CC)c1O. The van der Waals surface area contributed by atoms with Crippen LogP contribution in [0.5, 0.6) is 5.88 Å². The number of aromatic hydroxyl groups is 1. The number of rotatable bonds is 4. The van der Waals surface area contributed by atoms with Crippen LogP contribution >= 0.6 is 0 Å². The Kier molecular flexibility index (Phi) is 6.20. The van der Waals surface area contributed by atoms with Gasteiger partial charge in [0, 0.05) is 24.2 Å². The maximum atomic E-state index is 12.6. The largest absolute Gasteiger partial charge is 0.503 e. The zero-order valence-corrected chi connectivity index (χ0v) is 16.6. The molecule has 8 heteroatoms. The average Bonchev–Trinajstić information content (AvgIpc) is 2.68. The predicted octanol–water partition coefficient (Wildman–Crippen LogP) is 2.60. The Hall–Kier alpha value is -3.91. The molecule has 0 aliphatic carbocycles. The standard InChI is InChI=1S/C21H20N4O4/c1-6-24-18(26)14(12(3)16(11-22)20(24)28)9-8-10-15-13(4)17(23-5)21(29)25(7-2)19(15)27/h8-10,29H,6-7H2,1-4H3/b10-8+,14-9-. The highest BCUT2D eigenvalue weighted by molar-refractivity contribution is 6.18. The second-order valence-electron chi connectivity index (χ2n) is 6.28. The van der Waals surface area contributed by atoms with Gasteiger partial charge >= 0.3 is 0 Å². The summed E-state index contributed by atoms with van der Waals surface area (Å²) in [6.45, 7) is 14.0. The Balaban J connectivity index is 2.63. The summed E-state index contributed by atoms with van der Waals surface area (Å²) >= 11 is 0. The molecule has 0 radical (unpaired) electrons. The van der Waals surface area contributed by atoms with Crippen molar-refractivity contribution in [2.75, 3.05) is 6.54 Å². The topological polar surface area (TPSA) is 108 Å². The van der Waals surface area contributed by atoms with E-state index in [0.717, 1.165) is 9.47 Å². The predicted molar refractivity (Wildman–Crippen MR) is 107 cm³/mol. The highest BCUT2D eigenvalue weighted by Gasteiger charge is 2.34. The minimum absolute atomic E-state index is 0.0157. The van der Waals surface area contributed by atoms with Crippen molar-refractivity contribution in [3.8, 4) is 11.9 Å². The van der Waals surface area contributed by atoms with E-state index >= 15 is 0 Å². The van der Waals surface area contributed by atoms with Crippen LogP contribution in [0.25, 0.3) is 10.9 Å². The number of hydrogen-bond acceptors (Lipinski definition) is 5. The van der Waals surface area contributed by atoms with Gasteiger partial charge in [0.25, 0.3) is 17.4 Å². The molecule has 1 aliphatic rings. The van der Waals surface area contributed by atoms with Gasteiger partial charge in [0.15, 0.2) is 5.88 Å². The molecule has 0 unspecified atom stereocenters. The maximum absolute atomic E-state index is 12.6. The molecule has 1 aromatic heterocycles. The fourth-order valence-corrected chi connectivity index (χ4v) is 3.13. The minimum Gasteiger partial charge on any atom is -0.503 e. The van der Waals surface area contributed by atoms with Crippen molar-refractivity contribution in [1.82, 2.24) is 9.47 Å². The molecule has 2 rings (SSSR count). The second-order valence-corrected chi connectivity index (χ2v) is 6.28. The van der Waals surface area contributed by atoms with Crippen LogP contribution in [0.4, 0.5) is 5.69 Å². The van der Waals surface area contributed by atoms with Crippen LogP contribution in [0.15, 0.2) is 33.7 Å². The van der Waals surface area contributed by atoms with Crippen LogP contribution in [0.3, 0.4) is 0 Å². The van der Waals surface area contributed by atoms with Crippen LogP contribution in [0.1, 0.15) is 31.9 Å². The third-order valence-corrected chi connectivity index (χ3v) is 4.80. The fraction of sp³-hybridized carbons (Fsp3) is 0.286. The van der Waals surface area contributed by atoms with E-state index in [1.54, 1.807) is 20.8 Å². The van der Waals surface area contributed by atoms with Crippen molar-refractivity contribution in [1.29, 1.82) is 5.26 Å². The van der Waals surface area contributed by atoms with Gasteiger partial charge in [-0.2, -0.15) is 5.26 Å². The van der Waals surface area contributed by atoms with Crippen molar-refractivity contribution in [3.63, 3.8) is 0 Å². The van der Waals surface area contributed by atoms with Gasteiger partial charge in [0.05, 0.1) is 6.57 Å². The Morgan fingerprint density at radius 3 is 2.34 bits per heavy atom. The number of aromatic nitrogens is 1. The van der Waals surface area contributed by atoms with E-state index in [0.29, 0.717) is 5.56 Å². The molecule has 0 spiro atoms. The first-order valence-corrected chi connectivity index (χ1v) is 8.94. The molecule has 1 aromatic rings. The quantitative estimate of drug-likeness (QED) is 0.481. The molecule has 1 N–H and O–H groups in total. The lowest BCUT2D eigenvalue weighted by atomic mass is 9.95. The van der Waals surface area contributed by atoms with Crippen LogP contribution < -0.4 is 5.56 Å². The van der Waals surface area contributed by atoms with Crippen LogP contribution in [-0.4, -0.2) is 32.9 Å². The highest BCUT2D eigenvalue weighted by Crippen LogP contribution is 2.31. The number of nitriles is 1. The van der Waals surface area contributed by atoms with E-state index in [9.17, 15) is 24.8 Å². The van der Waals surface area contributed by atoms with Crippen LogP contribution in [-0.2, 0) is 16.1 Å². The van der Waals surface area contributed by atoms with E-state index in [1.165, 1.54) is 25.2 Å². The maximum Gasteiger partial charge on any atom is 0.271 e. The monoisotopic (exact) mass is 392 g/mol. The number of nitrogens with zero attached hydrogens (tertiary/aromatic N) is 4. The summed E-state index contributed by atoms with van der Waals surface area (Å²) in [4.78, 5) is 41.7. The van der Waals surface area contributed by atoms with Crippen molar-refractivity contribution in [2.24, 2.45) is 0 Å². The summed E-state index contributed by atoms with van der Waals surface area (Å²) in [7, 11) is 0. The Bertz CT molecular complexity index is 1140. The molecule has 0 fully saturated rings. The third kappa shape index (κ3) is 3.48. The van der Waals surface area contributed by atoms with Gasteiger partial charge in [-0.25, -0.2) is 4.85 Å². The molecule has 29 heavy (non-hydrogen) atoms. The summed E-state index contributed by atoms with van der Waals surface area (Å²) in [6, 6.07) is 1.84. The summed E-state index contributed by atoms with van der Waals surface area (Å²) in [5.74, 6) is -1.52. The number of hydrogen-bond donors (Lipinski definition) is 1. The zero-order chi connectivity index (χ0) is 21.9. The molecule has 1 aliphatic heterocycles. The summed E-state index contributed by atoms with van der Waals surface area (Å²) in [5.41, 5.74) is 0.404. The first-order valence-electron chi connectivity index (χ1n) is 8.94. The lowest BCUT2D eigenvalue weighted by Gasteiger charge is -2.25. The average molecular weight is 392 g/mol. The van der Waals surface area contributed by atoms with E-state index < -0.39 is 17.4 Å². The summed E-state index contributed by atoms with van der Waals surface area (Å²) < 4.78 is 1.09. The Labute approximate surface area is 168 Å². The van der Waals surface area contributed by atoms with Gasteiger partial charge in [-0.1, -0.05) is 12.2 Å². The van der Waals surface area contributed by atoms with E-state index in [2.05, 4.69) is 4.85 Å². The van der Waals surface area contributed by atoms with E-state index in [1.807, 2.05) is 6.07 Å². The van der Waals surface area contributed by atoms with Crippen molar-refractivity contribution in [3.05, 3.63) is 61.8 Å². The molecule has 0 saturated carbocycles. The van der Waals surface area contributed by atoms with E-state index in [4.69, 9.17) is 6.57 Å². The Morgan fingerprint density at radius 1 is 1.17 bits per heavy atom. The van der Waals surface area contributed by atoms with Gasteiger partial charge < -0.3 is 5.11 Å². The van der Waals surface area contributed by atoms with Gasteiger partial charge in [-0.05, 0) is 44.9 Å². The zero-order valence-electron chi connectivity index (χ0n) is 16.6. The van der Waals surface area contributed by atoms with Gasteiger partial charge in [-0.3, -0.25) is 23.9 Å². The van der Waals surface area contributed by atoms with Gasteiger partial charge in [0.2, 0.25) is 5.69 Å². The number of carbonyl (C=O) groups excluding carboxylic acids is 2. The van der Waals surface area contributed by atoms with Crippen LogP contribution in [0.2, 0.25) is 0 Å². The molecule has 0 saturated heterocycles. The molecule has 2 heterocycles. The first kappa shape index (κ1) is 21.4. The highest BCUT2D eigenvalue weighted by atomic mass is 16.3. The van der Waals surface area contributed by atoms with E-state index in [-0.39, 0.29) is 46.9 Å². The number of allylic oxidation sites excluding steroid dienone is 2. The molecule has 0 aromatic carbocycles. The number of amides is 2. The first-order chi connectivity index (χ1) is 13.7. The number of carbonyl (C=O) groups is 2. The minimum atomic E-state index is -0.625. The lowest BCUT2D eigenvalue weighted by Crippen LogP contribution is -2.42. The third-order valence-electron chi connectivity index (χ3n) is 4.80. The number of pyridine rings is 1. The fourth-order valence-electron chi connectivity index (χ4n) is 3.13. The molecule has 8 nitrogen and oxygen atoms in total. The Morgan fingerprint density at radius 2 is 1.83 bits per heavy atom. The van der Waals surface area contributed by atoms with Crippen molar-refractivity contribution in [2.45, 2.75) is 34.2 Å². The van der Waals surface area contributed by atoms with Gasteiger partial charge in [0.1, 0.15) is 11.6 Å². The van der Waals surface area contributed by atoms with Crippen molar-refractivity contribution >= 4 is 23.6 Å².